The molecular formula is C13H9ClFNO4S. The molecule has 2 rings (SSSR count). The first kappa shape index (κ1) is 15.3. The summed E-state index contributed by atoms with van der Waals surface area (Å²) in [6, 6.07) is 4.92. The van der Waals surface area contributed by atoms with Crippen LogP contribution in [0.5, 0.6) is 5.75 Å². The van der Waals surface area contributed by atoms with E-state index in [-0.39, 0.29) is 21.3 Å². The highest BCUT2D eigenvalue weighted by molar-refractivity contribution is 7.12. The molecule has 2 aromatic rings. The number of ether oxygens (including phenoxy) is 1. The molecule has 0 aliphatic carbocycles. The van der Waals surface area contributed by atoms with Crippen molar-refractivity contribution < 1.29 is 23.8 Å². The molecule has 0 aliphatic rings. The van der Waals surface area contributed by atoms with Crippen molar-refractivity contribution in [1.82, 2.24) is 0 Å². The van der Waals surface area contributed by atoms with Crippen molar-refractivity contribution in [3.05, 3.63) is 45.4 Å². The number of nitrogens with one attached hydrogen (secondary N) is 1. The van der Waals surface area contributed by atoms with Crippen LogP contribution in [0.4, 0.5) is 10.1 Å². The summed E-state index contributed by atoms with van der Waals surface area (Å²) in [4.78, 5) is 23.3. The minimum atomic E-state index is -0.748. The predicted molar refractivity (Wildman–Crippen MR) is 76.3 cm³/mol. The summed E-state index contributed by atoms with van der Waals surface area (Å²) in [7, 11) is 0. The topological polar surface area (TPSA) is 75.6 Å². The van der Waals surface area contributed by atoms with Crippen molar-refractivity contribution in [3.8, 4) is 5.75 Å². The summed E-state index contributed by atoms with van der Waals surface area (Å²) in [5.41, 5.74) is -0.0997. The molecule has 0 unspecified atom stereocenters. The zero-order valence-corrected chi connectivity index (χ0v) is 12.0. The second-order valence-corrected chi connectivity index (χ2v) is 5.27. The van der Waals surface area contributed by atoms with E-state index >= 15 is 0 Å². The molecule has 1 aromatic carbocycles. The van der Waals surface area contributed by atoms with Gasteiger partial charge in [0.15, 0.2) is 6.61 Å². The van der Waals surface area contributed by atoms with Gasteiger partial charge >= 0.3 is 5.97 Å². The number of benzene rings is 1. The third kappa shape index (κ3) is 4.17. The maximum atomic E-state index is 13.4. The van der Waals surface area contributed by atoms with Crippen LogP contribution in [0.3, 0.4) is 0 Å². The molecule has 0 atom stereocenters. The molecule has 0 saturated carbocycles. The van der Waals surface area contributed by atoms with Crippen molar-refractivity contribution in [1.29, 1.82) is 0 Å². The molecule has 110 valence electrons. The summed E-state index contributed by atoms with van der Waals surface area (Å²) in [6.45, 7) is -0.580. The highest BCUT2D eigenvalue weighted by Gasteiger charge is 2.14. The van der Waals surface area contributed by atoms with Crippen molar-refractivity contribution in [2.24, 2.45) is 0 Å². The van der Waals surface area contributed by atoms with E-state index in [2.05, 4.69) is 5.32 Å². The van der Waals surface area contributed by atoms with Gasteiger partial charge in [0.2, 0.25) is 0 Å². The van der Waals surface area contributed by atoms with Gasteiger partial charge in [-0.1, -0.05) is 11.6 Å². The Morgan fingerprint density at radius 1 is 1.38 bits per heavy atom. The molecule has 1 amide bonds. The van der Waals surface area contributed by atoms with E-state index in [1.807, 2.05) is 0 Å². The molecule has 0 radical (unpaired) electrons. The lowest BCUT2D eigenvalue weighted by Crippen LogP contribution is -2.21. The number of hydrogen-bond donors (Lipinski definition) is 2. The number of amides is 1. The minimum Gasteiger partial charge on any atom is -0.507 e. The average molecular weight is 330 g/mol. The van der Waals surface area contributed by atoms with E-state index < -0.39 is 24.3 Å². The Labute approximate surface area is 127 Å². The van der Waals surface area contributed by atoms with E-state index in [1.165, 1.54) is 23.6 Å². The first-order chi connectivity index (χ1) is 9.95. The second kappa shape index (κ2) is 6.55. The van der Waals surface area contributed by atoms with Gasteiger partial charge in [-0.05, 0) is 18.2 Å². The number of carbonyl (C=O) groups is 2. The molecule has 1 heterocycles. The first-order valence-corrected chi connectivity index (χ1v) is 6.91. The smallest absolute Gasteiger partial charge is 0.348 e. The Balaban J connectivity index is 1.90. The quantitative estimate of drug-likeness (QED) is 0.845. The molecule has 0 spiro atoms. The lowest BCUT2D eigenvalue weighted by Gasteiger charge is -2.07. The van der Waals surface area contributed by atoms with Gasteiger partial charge in [-0.25, -0.2) is 9.18 Å². The van der Waals surface area contributed by atoms with E-state index in [1.54, 1.807) is 0 Å². The number of halogens is 2. The molecule has 0 bridgehead atoms. The Kier molecular flexibility index (Phi) is 4.77. The standard InChI is InChI=1S/C13H9ClFNO4S/c14-7-1-2-9(15)10(3-7)16-12(18)5-20-13(19)11-4-8(17)6-21-11/h1-4,6,17H,5H2,(H,16,18). The van der Waals surface area contributed by atoms with Crippen LogP contribution in [0.25, 0.3) is 0 Å². The van der Waals surface area contributed by atoms with Crippen molar-refractivity contribution >= 4 is 40.5 Å². The van der Waals surface area contributed by atoms with E-state index in [4.69, 9.17) is 21.4 Å². The molecule has 0 aliphatic heterocycles. The summed E-state index contributed by atoms with van der Waals surface area (Å²) in [6.07, 6.45) is 0. The normalized spacial score (nSPS) is 10.2. The van der Waals surface area contributed by atoms with Crippen LogP contribution in [0.1, 0.15) is 9.67 Å². The summed E-state index contributed by atoms with van der Waals surface area (Å²) >= 11 is 6.67. The van der Waals surface area contributed by atoms with Crippen LogP contribution in [0, 0.1) is 5.82 Å². The van der Waals surface area contributed by atoms with E-state index in [0.29, 0.717) is 0 Å². The van der Waals surface area contributed by atoms with Gasteiger partial charge in [-0.15, -0.1) is 11.3 Å². The van der Waals surface area contributed by atoms with Crippen LogP contribution in [0.15, 0.2) is 29.6 Å². The summed E-state index contributed by atoms with van der Waals surface area (Å²) in [5, 5.41) is 13.0. The van der Waals surface area contributed by atoms with Gasteiger partial charge in [0, 0.05) is 16.5 Å². The number of esters is 1. The fourth-order valence-corrected chi connectivity index (χ4v) is 2.25. The third-order valence-corrected chi connectivity index (χ3v) is 3.46. The van der Waals surface area contributed by atoms with Crippen molar-refractivity contribution in [3.63, 3.8) is 0 Å². The van der Waals surface area contributed by atoms with Crippen molar-refractivity contribution in [2.45, 2.75) is 0 Å². The molecular weight excluding hydrogens is 321 g/mol. The van der Waals surface area contributed by atoms with Gasteiger partial charge in [0.05, 0.1) is 5.69 Å². The Morgan fingerprint density at radius 3 is 2.81 bits per heavy atom. The molecule has 0 saturated heterocycles. The van der Waals surface area contributed by atoms with Crippen LogP contribution in [-0.2, 0) is 9.53 Å². The van der Waals surface area contributed by atoms with Crippen LogP contribution < -0.4 is 5.32 Å². The first-order valence-electron chi connectivity index (χ1n) is 5.65. The number of carbonyl (C=O) groups excluding carboxylic acids is 2. The van der Waals surface area contributed by atoms with Crippen molar-refractivity contribution in [2.75, 3.05) is 11.9 Å². The molecule has 8 heteroatoms. The molecule has 21 heavy (non-hydrogen) atoms. The van der Waals surface area contributed by atoms with Gasteiger partial charge in [-0.3, -0.25) is 4.79 Å². The predicted octanol–water partition coefficient (Wildman–Crippen LogP) is 3.04. The largest absolute Gasteiger partial charge is 0.507 e. The zero-order valence-electron chi connectivity index (χ0n) is 10.4. The Bertz CT molecular complexity index is 689. The maximum absolute atomic E-state index is 13.4. The van der Waals surface area contributed by atoms with Crippen LogP contribution in [0.2, 0.25) is 5.02 Å². The Morgan fingerprint density at radius 2 is 2.14 bits per heavy atom. The molecule has 0 fully saturated rings. The highest BCUT2D eigenvalue weighted by atomic mass is 35.5. The molecule has 5 nitrogen and oxygen atoms in total. The summed E-state index contributed by atoms with van der Waals surface area (Å²) < 4.78 is 18.1. The Hall–Kier alpha value is -2.12. The van der Waals surface area contributed by atoms with E-state index in [9.17, 15) is 14.0 Å². The molecule has 2 N–H and O–H groups in total. The van der Waals surface area contributed by atoms with Gasteiger partial charge < -0.3 is 15.2 Å². The zero-order chi connectivity index (χ0) is 15.4. The van der Waals surface area contributed by atoms with Gasteiger partial charge in [-0.2, -0.15) is 0 Å². The number of anilines is 1. The number of thiophene rings is 1. The summed E-state index contributed by atoms with van der Waals surface area (Å²) in [5.74, 6) is -2.16. The van der Waals surface area contributed by atoms with E-state index in [0.717, 1.165) is 17.4 Å². The van der Waals surface area contributed by atoms with Crippen LogP contribution >= 0.6 is 22.9 Å². The van der Waals surface area contributed by atoms with Crippen LogP contribution in [-0.4, -0.2) is 23.6 Å². The average Bonchev–Trinajstić information content (AvgIpc) is 2.87. The minimum absolute atomic E-state index is 0.0580. The lowest BCUT2D eigenvalue weighted by molar-refractivity contribution is -0.119. The van der Waals surface area contributed by atoms with Gasteiger partial charge in [0.25, 0.3) is 5.91 Å². The molecule has 1 aromatic heterocycles. The monoisotopic (exact) mass is 329 g/mol. The lowest BCUT2D eigenvalue weighted by atomic mass is 10.3. The SMILES string of the molecule is O=C(COC(=O)c1cc(O)cs1)Nc1cc(Cl)ccc1F. The van der Waals surface area contributed by atoms with Gasteiger partial charge in [0.1, 0.15) is 16.4 Å². The second-order valence-electron chi connectivity index (χ2n) is 3.92. The fraction of sp³-hybridized carbons (Fsp3) is 0.0769. The number of rotatable bonds is 4. The third-order valence-electron chi connectivity index (χ3n) is 2.32. The number of aromatic hydroxyl groups is 1. The highest BCUT2D eigenvalue weighted by Crippen LogP contribution is 2.21. The number of hydrogen-bond acceptors (Lipinski definition) is 5. The maximum Gasteiger partial charge on any atom is 0.348 e. The fourth-order valence-electron chi connectivity index (χ4n) is 1.42.